The Bertz CT molecular complexity index is 304. The molecule has 21 heavy (non-hydrogen) atoms. The fourth-order valence-electron chi connectivity index (χ4n) is 1.77. The number of hydrogen-bond donors (Lipinski definition) is 0. The van der Waals surface area contributed by atoms with Crippen molar-refractivity contribution in [1.29, 1.82) is 0 Å². The SMILES string of the molecule is CCCCCC(C)OC(=O)CCCC(=O)OCC(C)(C)C. The Balaban J connectivity index is 3.67. The van der Waals surface area contributed by atoms with Crippen molar-refractivity contribution in [3.8, 4) is 0 Å². The van der Waals surface area contributed by atoms with Crippen molar-refractivity contribution >= 4 is 11.9 Å². The summed E-state index contributed by atoms with van der Waals surface area (Å²) in [6, 6.07) is 0. The van der Waals surface area contributed by atoms with Gasteiger partial charge < -0.3 is 9.47 Å². The highest BCUT2D eigenvalue weighted by atomic mass is 16.5. The lowest BCUT2D eigenvalue weighted by atomic mass is 9.99. The average Bonchev–Trinajstić information content (AvgIpc) is 2.35. The van der Waals surface area contributed by atoms with Crippen LogP contribution >= 0.6 is 0 Å². The van der Waals surface area contributed by atoms with Gasteiger partial charge in [-0.25, -0.2) is 0 Å². The zero-order valence-corrected chi connectivity index (χ0v) is 14.4. The first-order chi connectivity index (χ1) is 9.74. The summed E-state index contributed by atoms with van der Waals surface area (Å²) in [7, 11) is 0. The second kappa shape index (κ2) is 10.6. The van der Waals surface area contributed by atoms with Crippen LogP contribution in [0, 0.1) is 5.41 Å². The summed E-state index contributed by atoms with van der Waals surface area (Å²) in [5, 5.41) is 0. The van der Waals surface area contributed by atoms with Gasteiger partial charge in [-0.1, -0.05) is 40.5 Å². The van der Waals surface area contributed by atoms with Crippen LogP contribution in [0.2, 0.25) is 0 Å². The zero-order valence-electron chi connectivity index (χ0n) is 14.4. The lowest BCUT2D eigenvalue weighted by molar-refractivity contribution is -0.149. The fourth-order valence-corrected chi connectivity index (χ4v) is 1.77. The van der Waals surface area contributed by atoms with Crippen LogP contribution in [0.25, 0.3) is 0 Å². The molecule has 0 spiro atoms. The lowest BCUT2D eigenvalue weighted by Crippen LogP contribution is -2.19. The van der Waals surface area contributed by atoms with Crippen molar-refractivity contribution in [2.45, 2.75) is 85.7 Å². The molecule has 4 nitrogen and oxygen atoms in total. The van der Waals surface area contributed by atoms with Crippen LogP contribution in [0.15, 0.2) is 0 Å². The van der Waals surface area contributed by atoms with Gasteiger partial charge in [-0.05, 0) is 31.6 Å². The van der Waals surface area contributed by atoms with E-state index in [1.165, 1.54) is 6.42 Å². The van der Waals surface area contributed by atoms with Crippen LogP contribution in [0.1, 0.15) is 79.6 Å². The van der Waals surface area contributed by atoms with Crippen molar-refractivity contribution in [2.75, 3.05) is 6.61 Å². The molecule has 124 valence electrons. The van der Waals surface area contributed by atoms with E-state index < -0.39 is 0 Å². The Morgan fingerprint density at radius 2 is 1.62 bits per heavy atom. The number of unbranched alkanes of at least 4 members (excludes halogenated alkanes) is 2. The summed E-state index contributed by atoms with van der Waals surface area (Å²) >= 11 is 0. The van der Waals surface area contributed by atoms with Gasteiger partial charge in [0.25, 0.3) is 0 Å². The van der Waals surface area contributed by atoms with Crippen LogP contribution in [0.3, 0.4) is 0 Å². The van der Waals surface area contributed by atoms with Crippen LogP contribution in [0.5, 0.6) is 0 Å². The van der Waals surface area contributed by atoms with Crippen LogP contribution < -0.4 is 0 Å². The molecule has 1 atom stereocenters. The number of carbonyl (C=O) groups excluding carboxylic acids is 2. The van der Waals surface area contributed by atoms with E-state index in [-0.39, 0.29) is 36.3 Å². The molecule has 0 heterocycles. The maximum atomic E-state index is 11.6. The molecule has 0 aliphatic heterocycles. The molecular weight excluding hydrogens is 268 g/mol. The topological polar surface area (TPSA) is 52.6 Å². The monoisotopic (exact) mass is 300 g/mol. The van der Waals surface area contributed by atoms with Crippen molar-refractivity contribution in [1.82, 2.24) is 0 Å². The Hall–Kier alpha value is -1.06. The molecule has 0 N–H and O–H groups in total. The van der Waals surface area contributed by atoms with Crippen LogP contribution in [-0.4, -0.2) is 24.6 Å². The van der Waals surface area contributed by atoms with Gasteiger partial charge in [-0.2, -0.15) is 0 Å². The normalized spacial score (nSPS) is 12.8. The highest BCUT2D eigenvalue weighted by Crippen LogP contribution is 2.14. The van der Waals surface area contributed by atoms with Gasteiger partial charge in [-0.15, -0.1) is 0 Å². The minimum Gasteiger partial charge on any atom is -0.465 e. The van der Waals surface area contributed by atoms with E-state index in [4.69, 9.17) is 9.47 Å². The Morgan fingerprint density at radius 1 is 1.00 bits per heavy atom. The van der Waals surface area contributed by atoms with Crippen LogP contribution in [-0.2, 0) is 19.1 Å². The van der Waals surface area contributed by atoms with Gasteiger partial charge in [0, 0.05) is 12.8 Å². The quantitative estimate of drug-likeness (QED) is 0.447. The summed E-state index contributed by atoms with van der Waals surface area (Å²) in [5.41, 5.74) is -0.0253. The van der Waals surface area contributed by atoms with Gasteiger partial charge in [0.1, 0.15) is 0 Å². The number of esters is 2. The lowest BCUT2D eigenvalue weighted by Gasteiger charge is -2.17. The number of ether oxygens (including phenoxy) is 2. The third kappa shape index (κ3) is 13.7. The molecule has 0 aromatic rings. The van der Waals surface area contributed by atoms with E-state index in [0.717, 1.165) is 19.3 Å². The fraction of sp³-hybridized carbons (Fsp3) is 0.882. The molecule has 0 rings (SSSR count). The van der Waals surface area contributed by atoms with Crippen molar-refractivity contribution in [2.24, 2.45) is 5.41 Å². The first-order valence-electron chi connectivity index (χ1n) is 8.09. The summed E-state index contributed by atoms with van der Waals surface area (Å²) in [6.45, 7) is 10.5. The smallest absolute Gasteiger partial charge is 0.306 e. The standard InChI is InChI=1S/C17H32O4/c1-6-7-8-10-14(2)21-16(19)12-9-11-15(18)20-13-17(3,4)5/h14H,6-13H2,1-5H3. The van der Waals surface area contributed by atoms with E-state index in [1.54, 1.807) is 0 Å². The summed E-state index contributed by atoms with van der Waals surface area (Å²) in [6.07, 6.45) is 5.34. The molecule has 0 bridgehead atoms. The molecule has 4 heteroatoms. The van der Waals surface area contributed by atoms with Crippen molar-refractivity contribution in [3.63, 3.8) is 0 Å². The highest BCUT2D eigenvalue weighted by molar-refractivity contribution is 5.72. The number of carbonyl (C=O) groups is 2. The molecule has 1 unspecified atom stereocenters. The number of hydrogen-bond acceptors (Lipinski definition) is 4. The molecule has 0 aromatic heterocycles. The molecule has 0 aliphatic rings. The molecular formula is C17H32O4. The van der Waals surface area contributed by atoms with Gasteiger partial charge in [0.05, 0.1) is 12.7 Å². The third-order valence-electron chi connectivity index (χ3n) is 2.97. The second-order valence-electron chi connectivity index (χ2n) is 6.87. The van der Waals surface area contributed by atoms with Crippen molar-refractivity contribution < 1.29 is 19.1 Å². The van der Waals surface area contributed by atoms with Gasteiger partial charge in [0.15, 0.2) is 0 Å². The average molecular weight is 300 g/mol. The molecule has 0 fully saturated rings. The summed E-state index contributed by atoms with van der Waals surface area (Å²) in [5.74, 6) is -0.462. The van der Waals surface area contributed by atoms with Crippen LogP contribution in [0.4, 0.5) is 0 Å². The highest BCUT2D eigenvalue weighted by Gasteiger charge is 2.14. The molecule has 0 saturated heterocycles. The molecule has 0 saturated carbocycles. The molecule has 0 amide bonds. The predicted octanol–water partition coefficient (Wildman–Crippen LogP) is 4.26. The Kier molecular flexibility index (Phi) is 10.1. The largest absolute Gasteiger partial charge is 0.465 e. The minimum atomic E-state index is -0.242. The van der Waals surface area contributed by atoms with Gasteiger partial charge >= 0.3 is 11.9 Å². The number of rotatable bonds is 10. The molecule has 0 aliphatic carbocycles. The van der Waals surface area contributed by atoms with E-state index >= 15 is 0 Å². The first-order valence-corrected chi connectivity index (χ1v) is 8.09. The Labute approximate surface area is 129 Å². The van der Waals surface area contributed by atoms with E-state index in [2.05, 4.69) is 6.92 Å². The van der Waals surface area contributed by atoms with Gasteiger partial charge in [-0.3, -0.25) is 9.59 Å². The summed E-state index contributed by atoms with van der Waals surface area (Å²) in [4.78, 5) is 23.1. The Morgan fingerprint density at radius 3 is 2.19 bits per heavy atom. The maximum Gasteiger partial charge on any atom is 0.306 e. The van der Waals surface area contributed by atoms with Gasteiger partial charge in [0.2, 0.25) is 0 Å². The second-order valence-corrected chi connectivity index (χ2v) is 6.87. The zero-order chi connectivity index (χ0) is 16.3. The van der Waals surface area contributed by atoms with E-state index in [1.807, 2.05) is 27.7 Å². The van der Waals surface area contributed by atoms with Crippen molar-refractivity contribution in [3.05, 3.63) is 0 Å². The molecule has 0 aromatic carbocycles. The minimum absolute atomic E-state index is 0.0253. The first kappa shape index (κ1) is 19.9. The van der Waals surface area contributed by atoms with E-state index in [0.29, 0.717) is 13.0 Å². The maximum absolute atomic E-state index is 11.6. The third-order valence-corrected chi connectivity index (χ3v) is 2.97. The predicted molar refractivity (Wildman–Crippen MR) is 84.0 cm³/mol. The van der Waals surface area contributed by atoms with E-state index in [9.17, 15) is 9.59 Å². The molecule has 0 radical (unpaired) electrons. The summed E-state index contributed by atoms with van der Waals surface area (Å²) < 4.78 is 10.4.